The molecule has 2 aliphatic heterocycles. The van der Waals surface area contributed by atoms with Crippen LogP contribution in [-0.2, 0) is 30.5 Å². The van der Waals surface area contributed by atoms with E-state index in [-0.39, 0.29) is 29.7 Å². The molecule has 1 amide bonds. The number of nitrogens with zero attached hydrogens (tertiary/aromatic N) is 2. The van der Waals surface area contributed by atoms with Gasteiger partial charge in [-0.15, -0.1) is 0 Å². The van der Waals surface area contributed by atoms with E-state index in [1.54, 1.807) is 36.4 Å². The molecule has 0 radical (unpaired) electrons. The molecule has 4 rings (SSSR count). The lowest BCUT2D eigenvalue weighted by Crippen LogP contribution is -2.40. The van der Waals surface area contributed by atoms with E-state index < -0.39 is 20.0 Å². The first-order valence-electron chi connectivity index (χ1n) is 11.9. The minimum atomic E-state index is -3.56. The van der Waals surface area contributed by atoms with E-state index in [4.69, 9.17) is 9.47 Å². The molecule has 0 spiro atoms. The van der Waals surface area contributed by atoms with Crippen LogP contribution < -0.4 is 10.1 Å². The standard InChI is InChI=1S/C24H31N3O7S2/c28-24(21-5-3-20(4-6-21)19-35(29,30)26-12-1-2-13-26)25-11-16-34-22-7-9-23(10-8-22)36(31,32)27-14-17-33-18-15-27/h3-10H,1-2,11-19H2,(H,25,28). The molecule has 2 aromatic rings. The number of morpholine rings is 1. The van der Waals surface area contributed by atoms with Gasteiger partial charge in [0.25, 0.3) is 5.91 Å². The van der Waals surface area contributed by atoms with Gasteiger partial charge in [0, 0.05) is 31.7 Å². The molecule has 0 unspecified atom stereocenters. The maximum atomic E-state index is 12.7. The predicted molar refractivity (Wildman–Crippen MR) is 134 cm³/mol. The van der Waals surface area contributed by atoms with Gasteiger partial charge in [0.1, 0.15) is 12.4 Å². The summed E-state index contributed by atoms with van der Waals surface area (Å²) in [5.74, 6) is 0.128. The van der Waals surface area contributed by atoms with Crippen molar-refractivity contribution in [2.24, 2.45) is 0 Å². The lowest BCUT2D eigenvalue weighted by molar-refractivity contribution is 0.0730. The summed E-state index contributed by atoms with van der Waals surface area (Å²) >= 11 is 0. The van der Waals surface area contributed by atoms with Crippen LogP contribution in [0.5, 0.6) is 5.75 Å². The molecule has 0 atom stereocenters. The molecule has 10 nitrogen and oxygen atoms in total. The summed E-state index contributed by atoms with van der Waals surface area (Å²) in [5, 5.41) is 2.76. The van der Waals surface area contributed by atoms with Crippen LogP contribution in [0.4, 0.5) is 0 Å². The fourth-order valence-corrected chi connectivity index (χ4v) is 7.12. The monoisotopic (exact) mass is 537 g/mol. The molecule has 0 saturated carbocycles. The Kier molecular flexibility index (Phi) is 8.62. The summed E-state index contributed by atoms with van der Waals surface area (Å²) in [7, 11) is -6.89. The average Bonchev–Trinajstić information content (AvgIpc) is 3.44. The largest absolute Gasteiger partial charge is 0.492 e. The summed E-state index contributed by atoms with van der Waals surface area (Å²) in [4.78, 5) is 12.6. The molecule has 0 bridgehead atoms. The van der Waals surface area contributed by atoms with Crippen LogP contribution in [0, 0.1) is 0 Å². The highest BCUT2D eigenvalue weighted by atomic mass is 32.2. The van der Waals surface area contributed by atoms with Gasteiger partial charge in [-0.25, -0.2) is 21.1 Å². The van der Waals surface area contributed by atoms with E-state index in [0.717, 1.165) is 12.8 Å². The zero-order chi connectivity index (χ0) is 25.6. The third kappa shape index (κ3) is 6.62. The highest BCUT2D eigenvalue weighted by molar-refractivity contribution is 7.89. The minimum absolute atomic E-state index is 0.0741. The Morgan fingerprint density at radius 2 is 1.50 bits per heavy atom. The maximum absolute atomic E-state index is 12.7. The quantitative estimate of drug-likeness (QED) is 0.455. The first kappa shape index (κ1) is 26.6. The molecule has 196 valence electrons. The molecule has 0 aromatic heterocycles. The first-order valence-corrected chi connectivity index (χ1v) is 15.0. The molecular weight excluding hydrogens is 506 g/mol. The van der Waals surface area contributed by atoms with Crippen molar-refractivity contribution in [3.63, 3.8) is 0 Å². The molecule has 2 fully saturated rings. The fraction of sp³-hybridized carbons (Fsp3) is 0.458. The second kappa shape index (κ2) is 11.7. The number of sulfonamides is 2. The molecule has 2 aliphatic rings. The van der Waals surface area contributed by atoms with Gasteiger partial charge in [0.2, 0.25) is 20.0 Å². The molecule has 2 aromatic carbocycles. The van der Waals surface area contributed by atoms with E-state index in [1.165, 1.54) is 20.7 Å². The Hall–Kier alpha value is -2.51. The summed E-state index contributed by atoms with van der Waals surface area (Å²) in [6.45, 7) is 3.03. The third-order valence-corrected chi connectivity index (χ3v) is 9.87. The smallest absolute Gasteiger partial charge is 0.251 e. The van der Waals surface area contributed by atoms with E-state index >= 15 is 0 Å². The van der Waals surface area contributed by atoms with Gasteiger partial charge in [-0.05, 0) is 54.8 Å². The van der Waals surface area contributed by atoms with Crippen LogP contribution in [0.25, 0.3) is 0 Å². The van der Waals surface area contributed by atoms with E-state index in [1.807, 2.05) is 0 Å². The van der Waals surface area contributed by atoms with E-state index in [9.17, 15) is 21.6 Å². The molecule has 2 saturated heterocycles. The Labute approximate surface area is 212 Å². The number of carbonyl (C=O) groups excluding carboxylic acids is 1. The van der Waals surface area contributed by atoms with Gasteiger partial charge < -0.3 is 14.8 Å². The number of rotatable bonds is 10. The van der Waals surface area contributed by atoms with Gasteiger partial charge in [0.15, 0.2) is 0 Å². The van der Waals surface area contributed by atoms with Crippen molar-refractivity contribution >= 4 is 26.0 Å². The number of amides is 1. The Bertz CT molecular complexity index is 1240. The number of hydrogen-bond donors (Lipinski definition) is 1. The molecule has 12 heteroatoms. The minimum Gasteiger partial charge on any atom is -0.492 e. The summed E-state index contributed by atoms with van der Waals surface area (Å²) < 4.78 is 64.0. The van der Waals surface area contributed by atoms with E-state index in [0.29, 0.717) is 56.3 Å². The Morgan fingerprint density at radius 3 is 2.14 bits per heavy atom. The zero-order valence-electron chi connectivity index (χ0n) is 20.0. The van der Waals surface area contributed by atoms with Gasteiger partial charge in [-0.1, -0.05) is 12.1 Å². The van der Waals surface area contributed by atoms with Crippen molar-refractivity contribution in [2.75, 3.05) is 52.5 Å². The summed E-state index contributed by atoms with van der Waals surface area (Å²) in [6.07, 6.45) is 1.79. The number of hydrogen-bond acceptors (Lipinski definition) is 7. The second-order valence-corrected chi connectivity index (χ2v) is 12.6. The first-order chi connectivity index (χ1) is 17.3. The number of ether oxygens (including phenoxy) is 2. The van der Waals surface area contributed by atoms with Gasteiger partial charge in [-0.2, -0.15) is 4.31 Å². The van der Waals surface area contributed by atoms with Crippen molar-refractivity contribution in [2.45, 2.75) is 23.5 Å². The van der Waals surface area contributed by atoms with Crippen LogP contribution in [0.1, 0.15) is 28.8 Å². The maximum Gasteiger partial charge on any atom is 0.251 e. The van der Waals surface area contributed by atoms with Gasteiger partial charge in [0.05, 0.1) is 30.4 Å². The Morgan fingerprint density at radius 1 is 0.861 bits per heavy atom. The molecule has 1 N–H and O–H groups in total. The van der Waals surface area contributed by atoms with Crippen LogP contribution >= 0.6 is 0 Å². The highest BCUT2D eigenvalue weighted by Gasteiger charge is 2.27. The Balaban J connectivity index is 1.22. The van der Waals surface area contributed by atoms with Crippen LogP contribution in [0.15, 0.2) is 53.4 Å². The molecule has 36 heavy (non-hydrogen) atoms. The van der Waals surface area contributed by atoms with Crippen molar-refractivity contribution in [1.29, 1.82) is 0 Å². The topological polar surface area (TPSA) is 122 Å². The van der Waals surface area contributed by atoms with Crippen molar-refractivity contribution in [3.05, 3.63) is 59.7 Å². The SMILES string of the molecule is O=C(NCCOc1ccc(S(=O)(=O)N2CCOCC2)cc1)c1ccc(CS(=O)(=O)N2CCCC2)cc1. The lowest BCUT2D eigenvalue weighted by Gasteiger charge is -2.26. The number of carbonyl (C=O) groups is 1. The van der Waals surface area contributed by atoms with Gasteiger partial charge >= 0.3 is 0 Å². The molecular formula is C24H31N3O7S2. The van der Waals surface area contributed by atoms with Crippen LogP contribution in [0.3, 0.4) is 0 Å². The van der Waals surface area contributed by atoms with Crippen LogP contribution in [-0.4, -0.2) is 83.9 Å². The fourth-order valence-electron chi connectivity index (χ4n) is 4.10. The van der Waals surface area contributed by atoms with Crippen molar-refractivity contribution < 1.29 is 31.1 Å². The molecule has 2 heterocycles. The van der Waals surface area contributed by atoms with Gasteiger partial charge in [-0.3, -0.25) is 4.79 Å². The predicted octanol–water partition coefficient (Wildman–Crippen LogP) is 1.44. The average molecular weight is 538 g/mol. The highest BCUT2D eigenvalue weighted by Crippen LogP contribution is 2.21. The van der Waals surface area contributed by atoms with Crippen molar-refractivity contribution in [3.8, 4) is 5.75 Å². The summed E-state index contributed by atoms with van der Waals surface area (Å²) in [6, 6.07) is 12.7. The number of benzene rings is 2. The van der Waals surface area contributed by atoms with Crippen molar-refractivity contribution in [1.82, 2.24) is 13.9 Å². The third-order valence-electron chi connectivity index (χ3n) is 6.11. The van der Waals surface area contributed by atoms with Crippen LogP contribution in [0.2, 0.25) is 0 Å². The normalized spacial score (nSPS) is 17.7. The number of nitrogens with one attached hydrogen (secondary N) is 1. The lowest BCUT2D eigenvalue weighted by atomic mass is 10.1. The second-order valence-electron chi connectivity index (χ2n) is 8.65. The summed E-state index contributed by atoms with van der Waals surface area (Å²) in [5.41, 5.74) is 1.07. The molecule has 0 aliphatic carbocycles. The zero-order valence-corrected chi connectivity index (χ0v) is 21.6. The van der Waals surface area contributed by atoms with E-state index in [2.05, 4.69) is 5.32 Å².